The number of alkyl halides is 5. The molecule has 0 saturated carbocycles. The van der Waals surface area contributed by atoms with Crippen LogP contribution in [0.4, 0.5) is 22.0 Å². The number of hydrogen-bond acceptors (Lipinski definition) is 7. The van der Waals surface area contributed by atoms with E-state index >= 15 is 0 Å². The second-order valence-electron chi connectivity index (χ2n) is 10.7. The second kappa shape index (κ2) is 12.3. The predicted octanol–water partition coefficient (Wildman–Crippen LogP) is 5.80. The molecular weight excluding hydrogens is 645 g/mol. The molecule has 0 unspecified atom stereocenters. The van der Waals surface area contributed by atoms with Crippen molar-refractivity contribution in [2.45, 2.75) is 42.9 Å². The zero-order chi connectivity index (χ0) is 32.7. The van der Waals surface area contributed by atoms with Gasteiger partial charge in [-0.25, -0.2) is 17.2 Å². The smallest absolute Gasteiger partial charge is 0.416 e. The van der Waals surface area contributed by atoms with Crippen LogP contribution < -0.4 is 5.32 Å². The van der Waals surface area contributed by atoms with E-state index in [1.54, 1.807) is 0 Å². The highest BCUT2D eigenvalue weighted by molar-refractivity contribution is 7.91. The number of furan rings is 1. The molecule has 0 spiro atoms. The second-order valence-corrected chi connectivity index (χ2v) is 13.4. The number of hydrogen-bond donors (Lipinski definition) is 2. The number of rotatable bonds is 10. The number of carbonyl (C=O) groups excluding carboxylic acids is 1. The molecule has 5 rings (SSSR count). The predicted molar refractivity (Wildman–Crippen MR) is 155 cm³/mol. The van der Waals surface area contributed by atoms with Crippen molar-refractivity contribution in [1.29, 1.82) is 0 Å². The Morgan fingerprint density at radius 2 is 1.89 bits per heavy atom. The number of fused-ring (bicyclic) bond motifs is 1. The van der Waals surface area contributed by atoms with Crippen molar-refractivity contribution in [1.82, 2.24) is 15.2 Å². The van der Waals surface area contributed by atoms with E-state index in [1.165, 1.54) is 54.3 Å². The van der Waals surface area contributed by atoms with E-state index in [2.05, 4.69) is 10.3 Å². The van der Waals surface area contributed by atoms with Gasteiger partial charge in [0.05, 0.1) is 47.6 Å². The standard InChI is InChI=1S/C30H27ClF5N3O5S/c1-2-45(42,43)20-6-8-24(37-12-20)25(14-40)38-28(41)18-4-7-21-22(13-39-15-29(32,33)16-39)27(44-26(21)10-18)9-17-3-5-19(31)11-23(17)30(34,35)36/h3-8,10-12,25,40H,2,9,13-16H2,1H3,(H,38,41)/t25-/m0/s1. The van der Waals surface area contributed by atoms with Gasteiger partial charge in [0.1, 0.15) is 11.3 Å². The monoisotopic (exact) mass is 671 g/mol. The average molecular weight is 672 g/mol. The van der Waals surface area contributed by atoms with Crippen LogP contribution in [0.2, 0.25) is 5.02 Å². The van der Waals surface area contributed by atoms with Crippen molar-refractivity contribution in [3.8, 4) is 0 Å². The van der Waals surface area contributed by atoms with Crippen LogP contribution >= 0.6 is 11.6 Å². The Morgan fingerprint density at radius 3 is 2.49 bits per heavy atom. The fourth-order valence-electron chi connectivity index (χ4n) is 5.14. The maximum atomic E-state index is 13.8. The van der Waals surface area contributed by atoms with Crippen LogP contribution in [0.15, 0.2) is 64.0 Å². The van der Waals surface area contributed by atoms with E-state index in [0.29, 0.717) is 10.9 Å². The first-order valence-electron chi connectivity index (χ1n) is 13.7. The fraction of sp³-hybridized carbons (Fsp3) is 0.333. The van der Waals surface area contributed by atoms with Gasteiger partial charge >= 0.3 is 6.18 Å². The van der Waals surface area contributed by atoms with Crippen molar-refractivity contribution in [2.75, 3.05) is 25.4 Å². The molecule has 0 aliphatic carbocycles. The summed E-state index contributed by atoms with van der Waals surface area (Å²) < 4.78 is 98.7. The topological polar surface area (TPSA) is 113 Å². The number of likely N-dealkylation sites (tertiary alicyclic amines) is 1. The Balaban J connectivity index is 1.45. The lowest BCUT2D eigenvalue weighted by Crippen LogP contribution is -2.55. The summed E-state index contributed by atoms with van der Waals surface area (Å²) in [7, 11) is -3.50. The minimum absolute atomic E-state index is 0.00505. The van der Waals surface area contributed by atoms with Crippen LogP contribution in [-0.4, -0.2) is 60.7 Å². The number of nitrogens with one attached hydrogen (secondary N) is 1. The molecule has 1 amide bonds. The van der Waals surface area contributed by atoms with E-state index in [4.69, 9.17) is 16.0 Å². The quantitative estimate of drug-likeness (QED) is 0.205. The molecule has 0 bridgehead atoms. The Bertz CT molecular complexity index is 1840. The fourth-order valence-corrected chi connectivity index (χ4v) is 6.14. The number of benzene rings is 2. The maximum Gasteiger partial charge on any atom is 0.416 e. The number of aliphatic hydroxyl groups is 1. The number of aliphatic hydroxyl groups excluding tert-OH is 1. The van der Waals surface area contributed by atoms with Crippen LogP contribution in [-0.2, 0) is 29.0 Å². The van der Waals surface area contributed by atoms with Crippen molar-refractivity contribution < 1.29 is 44.7 Å². The van der Waals surface area contributed by atoms with Crippen LogP contribution in [0.5, 0.6) is 0 Å². The van der Waals surface area contributed by atoms with Gasteiger partial charge in [-0.1, -0.05) is 24.6 Å². The van der Waals surface area contributed by atoms with Gasteiger partial charge in [-0.2, -0.15) is 13.2 Å². The van der Waals surface area contributed by atoms with E-state index < -0.39 is 59.1 Å². The summed E-state index contributed by atoms with van der Waals surface area (Å²) in [4.78, 5) is 18.7. The van der Waals surface area contributed by atoms with E-state index in [1.807, 2.05) is 0 Å². The molecule has 45 heavy (non-hydrogen) atoms. The van der Waals surface area contributed by atoms with E-state index in [0.717, 1.165) is 12.3 Å². The third-order valence-electron chi connectivity index (χ3n) is 7.50. The molecule has 0 radical (unpaired) electrons. The number of sulfone groups is 1. The Hall–Kier alpha value is -3.59. The number of amides is 1. The molecule has 8 nitrogen and oxygen atoms in total. The molecule has 1 aliphatic heterocycles. The molecule has 15 heteroatoms. The first-order valence-corrected chi connectivity index (χ1v) is 15.7. The summed E-state index contributed by atoms with van der Waals surface area (Å²) in [6.07, 6.45) is -3.89. The highest BCUT2D eigenvalue weighted by Crippen LogP contribution is 2.38. The zero-order valence-corrected chi connectivity index (χ0v) is 25.2. The maximum absolute atomic E-state index is 13.8. The molecule has 4 aromatic rings. The van der Waals surface area contributed by atoms with Crippen LogP contribution in [0, 0.1) is 0 Å². The van der Waals surface area contributed by atoms with Gasteiger partial charge in [0.25, 0.3) is 11.8 Å². The Kier molecular flexibility index (Phi) is 8.97. The van der Waals surface area contributed by atoms with Gasteiger partial charge in [0.2, 0.25) is 0 Å². The summed E-state index contributed by atoms with van der Waals surface area (Å²) in [5.74, 6) is -3.53. The van der Waals surface area contributed by atoms with Crippen molar-refractivity contribution in [3.63, 3.8) is 0 Å². The summed E-state index contributed by atoms with van der Waals surface area (Å²) in [6, 6.07) is 9.39. The molecular formula is C30H27ClF5N3O5S. The number of aromatic nitrogens is 1. The molecule has 1 fully saturated rings. The first-order chi connectivity index (χ1) is 21.1. The highest BCUT2D eigenvalue weighted by Gasteiger charge is 2.44. The number of pyridine rings is 1. The van der Waals surface area contributed by atoms with Crippen molar-refractivity contribution in [2.24, 2.45) is 0 Å². The molecule has 3 heterocycles. The average Bonchev–Trinajstić information content (AvgIpc) is 3.31. The third kappa shape index (κ3) is 7.13. The largest absolute Gasteiger partial charge is 0.460 e. The van der Waals surface area contributed by atoms with Gasteiger partial charge in [0.15, 0.2) is 9.84 Å². The first kappa shape index (κ1) is 32.8. The molecule has 2 aromatic heterocycles. The molecule has 2 N–H and O–H groups in total. The third-order valence-corrected chi connectivity index (χ3v) is 9.46. The summed E-state index contributed by atoms with van der Waals surface area (Å²) >= 11 is 5.82. The molecule has 1 atom stereocenters. The van der Waals surface area contributed by atoms with Crippen molar-refractivity contribution in [3.05, 3.63) is 93.5 Å². The SMILES string of the molecule is CCS(=O)(=O)c1ccc([C@H](CO)NC(=O)c2ccc3c(CN4CC(F)(F)C4)c(Cc4ccc(Cl)cc4C(F)(F)F)oc3c2)nc1. The van der Waals surface area contributed by atoms with E-state index in [-0.39, 0.29) is 56.8 Å². The van der Waals surface area contributed by atoms with E-state index in [9.17, 15) is 40.3 Å². The minimum atomic E-state index is -4.71. The van der Waals surface area contributed by atoms with Gasteiger partial charge in [-0.3, -0.25) is 14.7 Å². The molecule has 1 saturated heterocycles. The number of nitrogens with zero attached hydrogens (tertiary/aromatic N) is 2. The van der Waals surface area contributed by atoms with Crippen LogP contribution in [0.25, 0.3) is 11.0 Å². The normalized spacial score (nSPS) is 16.0. The lowest BCUT2D eigenvalue weighted by molar-refractivity contribution is -0.138. The summed E-state index contributed by atoms with van der Waals surface area (Å²) in [6.45, 7) is -0.116. The lowest BCUT2D eigenvalue weighted by Gasteiger charge is -2.38. The Labute approximate surface area is 259 Å². The molecule has 240 valence electrons. The van der Waals surface area contributed by atoms with Gasteiger partial charge < -0.3 is 14.8 Å². The lowest BCUT2D eigenvalue weighted by atomic mass is 9.98. The van der Waals surface area contributed by atoms with Gasteiger partial charge in [0, 0.05) is 40.7 Å². The van der Waals surface area contributed by atoms with Gasteiger partial charge in [-0.05, 0) is 48.0 Å². The zero-order valence-electron chi connectivity index (χ0n) is 23.7. The number of carbonyl (C=O) groups is 1. The Morgan fingerprint density at radius 1 is 1.16 bits per heavy atom. The summed E-state index contributed by atoms with van der Waals surface area (Å²) in [5, 5.41) is 12.9. The minimum Gasteiger partial charge on any atom is -0.460 e. The number of halogens is 6. The highest BCUT2D eigenvalue weighted by atomic mass is 35.5. The van der Waals surface area contributed by atoms with Gasteiger partial charge in [-0.15, -0.1) is 0 Å². The van der Waals surface area contributed by atoms with Crippen LogP contribution in [0.3, 0.4) is 0 Å². The van der Waals surface area contributed by atoms with Crippen LogP contribution in [0.1, 0.15) is 51.5 Å². The van der Waals surface area contributed by atoms with Crippen molar-refractivity contribution >= 4 is 38.3 Å². The molecule has 1 aliphatic rings. The molecule has 2 aromatic carbocycles. The summed E-state index contributed by atoms with van der Waals surface area (Å²) in [5.41, 5.74) is -0.239.